The predicted molar refractivity (Wildman–Crippen MR) is 71.0 cm³/mol. The Hall–Kier alpha value is -1.71. The minimum absolute atomic E-state index is 0.456. The molecule has 2 atom stereocenters. The Bertz CT molecular complexity index is 466. The van der Waals surface area contributed by atoms with Gasteiger partial charge in [-0.3, -0.25) is 4.99 Å². The summed E-state index contributed by atoms with van der Waals surface area (Å²) in [5.74, 6) is 0.980. The van der Waals surface area contributed by atoms with Crippen molar-refractivity contribution in [1.82, 2.24) is 5.32 Å². The number of nitrogens with two attached hydrogens (primary N) is 2. The van der Waals surface area contributed by atoms with Crippen LogP contribution in [0.2, 0.25) is 0 Å². The Balaban J connectivity index is 1.87. The molecular formula is C13H18N4. The van der Waals surface area contributed by atoms with Gasteiger partial charge in [0.15, 0.2) is 0 Å². The quantitative estimate of drug-likeness (QED) is 0.640. The monoisotopic (exact) mass is 230 g/mol. The molecule has 1 heterocycles. The van der Waals surface area contributed by atoms with E-state index in [0.717, 1.165) is 11.4 Å². The third-order valence-electron chi connectivity index (χ3n) is 3.71. The van der Waals surface area contributed by atoms with Gasteiger partial charge >= 0.3 is 0 Å². The number of rotatable bonds is 1. The molecule has 1 aliphatic carbocycles. The van der Waals surface area contributed by atoms with Crippen LogP contribution in [0.4, 0.5) is 11.4 Å². The molecule has 1 aromatic carbocycles. The molecule has 90 valence electrons. The van der Waals surface area contributed by atoms with E-state index in [9.17, 15) is 0 Å². The molecular weight excluding hydrogens is 212 g/mol. The minimum atomic E-state index is 0.456. The summed E-state index contributed by atoms with van der Waals surface area (Å²) in [6, 6.07) is 6.71. The van der Waals surface area contributed by atoms with Gasteiger partial charge in [0.25, 0.3) is 0 Å². The zero-order valence-corrected chi connectivity index (χ0v) is 9.82. The van der Waals surface area contributed by atoms with Gasteiger partial charge in [-0.25, -0.2) is 0 Å². The van der Waals surface area contributed by atoms with Crippen molar-refractivity contribution in [2.75, 3.05) is 11.5 Å². The van der Waals surface area contributed by atoms with Crippen LogP contribution in [-0.4, -0.2) is 17.9 Å². The van der Waals surface area contributed by atoms with Gasteiger partial charge in [-0.15, -0.1) is 0 Å². The number of anilines is 2. The van der Waals surface area contributed by atoms with Crippen molar-refractivity contribution in [2.24, 2.45) is 4.99 Å². The predicted octanol–water partition coefficient (Wildman–Crippen LogP) is 1.51. The highest BCUT2D eigenvalue weighted by atomic mass is 15.1. The van der Waals surface area contributed by atoms with E-state index in [0.29, 0.717) is 23.5 Å². The number of aliphatic imine (C=N–C) groups is 1. The Morgan fingerprint density at radius 1 is 1.12 bits per heavy atom. The highest BCUT2D eigenvalue weighted by Gasteiger charge is 2.31. The second-order valence-electron chi connectivity index (χ2n) is 4.92. The molecule has 4 heteroatoms. The van der Waals surface area contributed by atoms with Crippen LogP contribution in [0.15, 0.2) is 23.2 Å². The summed E-state index contributed by atoms with van der Waals surface area (Å²) in [6.07, 6.45) is 5.03. The molecule has 17 heavy (non-hydrogen) atoms. The Morgan fingerprint density at radius 2 is 1.94 bits per heavy atom. The molecule has 0 bridgehead atoms. The first-order valence-corrected chi connectivity index (χ1v) is 6.24. The van der Waals surface area contributed by atoms with Crippen LogP contribution in [-0.2, 0) is 0 Å². The number of nitrogens with one attached hydrogen (secondary N) is 1. The van der Waals surface area contributed by atoms with E-state index in [1.54, 1.807) is 0 Å². The smallest absolute Gasteiger partial charge is 0.128 e. The molecule has 0 aromatic heterocycles. The number of nitrogen functional groups attached to an aromatic ring is 2. The van der Waals surface area contributed by atoms with Crippen molar-refractivity contribution in [3.8, 4) is 0 Å². The van der Waals surface area contributed by atoms with E-state index in [2.05, 4.69) is 5.32 Å². The van der Waals surface area contributed by atoms with Crippen LogP contribution in [0, 0.1) is 0 Å². The van der Waals surface area contributed by atoms with Crippen molar-refractivity contribution >= 4 is 17.2 Å². The normalized spacial score (nSPS) is 27.2. The number of fused-ring (bicyclic) bond motifs is 1. The van der Waals surface area contributed by atoms with E-state index >= 15 is 0 Å². The summed E-state index contributed by atoms with van der Waals surface area (Å²) in [6.45, 7) is 0. The van der Waals surface area contributed by atoms with Crippen LogP contribution < -0.4 is 16.8 Å². The standard InChI is InChI=1S/C13H18N4/c14-9-6-5-8(7-10(9)15)13-16-11-3-1-2-4-12(11)17-13/h5-7,11-12H,1-4,14-15H2,(H,16,17)/t11-,12-/m1/s1. The highest BCUT2D eigenvalue weighted by Crippen LogP contribution is 2.27. The fourth-order valence-corrected chi connectivity index (χ4v) is 2.69. The molecule has 0 unspecified atom stereocenters. The molecule has 1 saturated carbocycles. The second-order valence-corrected chi connectivity index (χ2v) is 4.92. The van der Waals surface area contributed by atoms with E-state index in [-0.39, 0.29) is 0 Å². The zero-order chi connectivity index (χ0) is 11.8. The lowest BCUT2D eigenvalue weighted by atomic mass is 9.92. The molecule has 2 aliphatic rings. The van der Waals surface area contributed by atoms with Crippen LogP contribution >= 0.6 is 0 Å². The maximum Gasteiger partial charge on any atom is 0.128 e. The van der Waals surface area contributed by atoms with Crippen molar-refractivity contribution in [3.63, 3.8) is 0 Å². The summed E-state index contributed by atoms with van der Waals surface area (Å²) in [4.78, 5) is 4.76. The van der Waals surface area contributed by atoms with E-state index in [4.69, 9.17) is 16.5 Å². The second kappa shape index (κ2) is 3.95. The van der Waals surface area contributed by atoms with Crippen LogP contribution in [0.5, 0.6) is 0 Å². The molecule has 4 nitrogen and oxygen atoms in total. The topological polar surface area (TPSA) is 76.4 Å². The van der Waals surface area contributed by atoms with Gasteiger partial charge in [-0.1, -0.05) is 12.8 Å². The summed E-state index contributed by atoms with van der Waals surface area (Å²) in [5, 5.41) is 3.51. The number of hydrogen-bond acceptors (Lipinski definition) is 4. The molecule has 0 radical (unpaired) electrons. The third-order valence-corrected chi connectivity index (χ3v) is 3.71. The molecule has 1 aliphatic heterocycles. The first-order chi connectivity index (χ1) is 8.24. The van der Waals surface area contributed by atoms with Gasteiger partial charge in [-0.2, -0.15) is 0 Å². The molecule has 0 saturated heterocycles. The maximum atomic E-state index is 5.83. The Morgan fingerprint density at radius 3 is 2.71 bits per heavy atom. The van der Waals surface area contributed by atoms with Gasteiger partial charge in [0.2, 0.25) is 0 Å². The average molecular weight is 230 g/mol. The van der Waals surface area contributed by atoms with Gasteiger partial charge in [0, 0.05) is 11.6 Å². The van der Waals surface area contributed by atoms with Crippen LogP contribution in [0.3, 0.4) is 0 Å². The van der Waals surface area contributed by atoms with Crippen LogP contribution in [0.1, 0.15) is 31.2 Å². The lowest BCUT2D eigenvalue weighted by Crippen LogP contribution is -2.37. The van der Waals surface area contributed by atoms with Gasteiger partial charge in [0.1, 0.15) is 5.84 Å². The molecule has 0 spiro atoms. The number of amidine groups is 1. The van der Waals surface area contributed by atoms with Gasteiger partial charge in [0.05, 0.1) is 17.4 Å². The highest BCUT2D eigenvalue weighted by molar-refractivity contribution is 6.01. The fourth-order valence-electron chi connectivity index (χ4n) is 2.69. The van der Waals surface area contributed by atoms with E-state index < -0.39 is 0 Å². The molecule has 0 amide bonds. The Kier molecular flexibility index (Phi) is 2.42. The molecule has 1 fully saturated rings. The zero-order valence-electron chi connectivity index (χ0n) is 9.82. The molecule has 3 rings (SSSR count). The van der Waals surface area contributed by atoms with Gasteiger partial charge < -0.3 is 16.8 Å². The average Bonchev–Trinajstić information content (AvgIpc) is 2.76. The van der Waals surface area contributed by atoms with Crippen molar-refractivity contribution in [2.45, 2.75) is 37.8 Å². The summed E-state index contributed by atoms with van der Waals surface area (Å²) < 4.78 is 0. The summed E-state index contributed by atoms with van der Waals surface area (Å²) >= 11 is 0. The number of nitrogens with zero attached hydrogens (tertiary/aromatic N) is 1. The summed E-state index contributed by atoms with van der Waals surface area (Å²) in [5.41, 5.74) is 13.8. The number of benzene rings is 1. The lowest BCUT2D eigenvalue weighted by Gasteiger charge is -2.23. The first-order valence-electron chi connectivity index (χ1n) is 6.24. The number of hydrogen-bond donors (Lipinski definition) is 3. The van der Waals surface area contributed by atoms with Gasteiger partial charge in [-0.05, 0) is 31.0 Å². The maximum absolute atomic E-state index is 5.83. The Labute approximate surface area is 101 Å². The SMILES string of the molecule is Nc1ccc(C2=N[C@@H]3CCCC[C@H]3N2)cc1N. The lowest BCUT2D eigenvalue weighted by molar-refractivity contribution is 0.385. The summed E-state index contributed by atoms with van der Waals surface area (Å²) in [7, 11) is 0. The van der Waals surface area contributed by atoms with E-state index in [1.165, 1.54) is 25.7 Å². The van der Waals surface area contributed by atoms with Crippen LogP contribution in [0.25, 0.3) is 0 Å². The minimum Gasteiger partial charge on any atom is -0.397 e. The van der Waals surface area contributed by atoms with Crippen molar-refractivity contribution in [3.05, 3.63) is 23.8 Å². The largest absolute Gasteiger partial charge is 0.397 e. The third kappa shape index (κ3) is 1.84. The van der Waals surface area contributed by atoms with E-state index in [1.807, 2.05) is 18.2 Å². The molecule has 5 N–H and O–H groups in total. The van der Waals surface area contributed by atoms with Crippen molar-refractivity contribution < 1.29 is 0 Å². The first kappa shape index (κ1) is 10.4. The molecule has 1 aromatic rings. The fraction of sp³-hybridized carbons (Fsp3) is 0.462. The van der Waals surface area contributed by atoms with Crippen molar-refractivity contribution in [1.29, 1.82) is 0 Å².